The van der Waals surface area contributed by atoms with Gasteiger partial charge in [0.1, 0.15) is 11.5 Å². The lowest BCUT2D eigenvalue weighted by Gasteiger charge is -2.17. The Hall–Kier alpha value is -1.38. The van der Waals surface area contributed by atoms with Crippen LogP contribution in [0.1, 0.15) is 53.4 Å². The Balaban J connectivity index is 2.58. The lowest BCUT2D eigenvalue weighted by molar-refractivity contribution is 0.226. The van der Waals surface area contributed by atoms with Gasteiger partial charge in [0.25, 0.3) is 0 Å². The zero-order valence-electron chi connectivity index (χ0n) is 13.3. The van der Waals surface area contributed by atoms with Crippen LogP contribution in [0.3, 0.4) is 0 Å². The van der Waals surface area contributed by atoms with Gasteiger partial charge in [0.2, 0.25) is 0 Å². The molecule has 3 nitrogen and oxygen atoms in total. The van der Waals surface area contributed by atoms with Crippen LogP contribution in [0.5, 0.6) is 11.5 Å². The fourth-order valence-electron chi connectivity index (χ4n) is 2.07. The maximum Gasteiger partial charge on any atom is 0.146 e. The molecule has 0 aromatic heterocycles. The Labute approximate surface area is 123 Å². The molecular formula is C17H29NO2. The molecule has 0 heterocycles. The molecule has 20 heavy (non-hydrogen) atoms. The molecule has 0 fully saturated rings. The van der Waals surface area contributed by atoms with E-state index in [0.29, 0.717) is 17.4 Å². The van der Waals surface area contributed by atoms with E-state index in [0.717, 1.165) is 18.8 Å². The van der Waals surface area contributed by atoms with Crippen LogP contribution in [-0.2, 0) is 0 Å². The van der Waals surface area contributed by atoms with Gasteiger partial charge in [0, 0.05) is 6.07 Å². The van der Waals surface area contributed by atoms with Gasteiger partial charge in [-0.15, -0.1) is 0 Å². The smallest absolute Gasteiger partial charge is 0.146 e. The highest BCUT2D eigenvalue weighted by atomic mass is 16.5. The highest BCUT2D eigenvalue weighted by Gasteiger charge is 2.09. The van der Waals surface area contributed by atoms with Gasteiger partial charge in [-0.25, -0.2) is 0 Å². The van der Waals surface area contributed by atoms with Crippen molar-refractivity contribution in [3.05, 3.63) is 18.2 Å². The Morgan fingerprint density at radius 1 is 1.20 bits per heavy atom. The lowest BCUT2D eigenvalue weighted by atomic mass is 10.0. The zero-order valence-corrected chi connectivity index (χ0v) is 13.3. The molecule has 0 aliphatic heterocycles. The Bertz CT molecular complexity index is 391. The topological polar surface area (TPSA) is 44.5 Å². The van der Waals surface area contributed by atoms with E-state index in [1.165, 1.54) is 19.3 Å². The van der Waals surface area contributed by atoms with Crippen LogP contribution in [0.2, 0.25) is 0 Å². The highest BCUT2D eigenvalue weighted by molar-refractivity contribution is 5.55. The first kappa shape index (κ1) is 16.7. The van der Waals surface area contributed by atoms with E-state index in [4.69, 9.17) is 15.2 Å². The minimum Gasteiger partial charge on any atom is -0.493 e. The predicted molar refractivity (Wildman–Crippen MR) is 85.4 cm³/mol. The van der Waals surface area contributed by atoms with E-state index in [-0.39, 0.29) is 6.10 Å². The minimum absolute atomic E-state index is 0.112. The van der Waals surface area contributed by atoms with Gasteiger partial charge in [-0.3, -0.25) is 0 Å². The molecule has 2 N–H and O–H groups in total. The van der Waals surface area contributed by atoms with Crippen LogP contribution in [0, 0.1) is 5.92 Å². The van der Waals surface area contributed by atoms with Gasteiger partial charge < -0.3 is 15.2 Å². The number of anilines is 1. The standard InChI is InChI=1S/C17H29NO2/c1-5-7-8-14(6-2)12-19-15-9-10-16(18)17(11-15)20-13(3)4/h9-11,13-14H,5-8,12,18H2,1-4H3. The summed E-state index contributed by atoms with van der Waals surface area (Å²) in [6.07, 6.45) is 5.01. The van der Waals surface area contributed by atoms with Gasteiger partial charge in [-0.05, 0) is 38.3 Å². The molecule has 0 aliphatic carbocycles. The summed E-state index contributed by atoms with van der Waals surface area (Å²) in [5.41, 5.74) is 6.56. The Kier molecular flexibility index (Phi) is 7.27. The summed E-state index contributed by atoms with van der Waals surface area (Å²) in [7, 11) is 0. The van der Waals surface area contributed by atoms with E-state index in [1.54, 1.807) is 0 Å². The predicted octanol–water partition coefficient (Wildman–Crippen LogP) is 4.65. The summed E-state index contributed by atoms with van der Waals surface area (Å²) in [5, 5.41) is 0. The largest absolute Gasteiger partial charge is 0.493 e. The summed E-state index contributed by atoms with van der Waals surface area (Å²) in [4.78, 5) is 0. The fraction of sp³-hybridized carbons (Fsp3) is 0.647. The van der Waals surface area contributed by atoms with Crippen molar-refractivity contribution in [1.82, 2.24) is 0 Å². The molecule has 114 valence electrons. The first-order valence-electron chi connectivity index (χ1n) is 7.75. The summed E-state index contributed by atoms with van der Waals surface area (Å²) >= 11 is 0. The van der Waals surface area contributed by atoms with Crippen LogP contribution < -0.4 is 15.2 Å². The van der Waals surface area contributed by atoms with Gasteiger partial charge in [0.05, 0.1) is 18.4 Å². The Morgan fingerprint density at radius 2 is 1.95 bits per heavy atom. The van der Waals surface area contributed by atoms with Gasteiger partial charge in [0.15, 0.2) is 0 Å². The first-order valence-corrected chi connectivity index (χ1v) is 7.75. The first-order chi connectivity index (χ1) is 9.56. The molecule has 3 heteroatoms. The van der Waals surface area contributed by atoms with Crippen molar-refractivity contribution >= 4 is 5.69 Å². The molecule has 1 rings (SSSR count). The molecule has 1 unspecified atom stereocenters. The van der Waals surface area contributed by atoms with Crippen molar-refractivity contribution in [2.75, 3.05) is 12.3 Å². The molecule has 1 aromatic rings. The third kappa shape index (κ3) is 5.72. The Morgan fingerprint density at radius 3 is 2.55 bits per heavy atom. The van der Waals surface area contributed by atoms with Crippen molar-refractivity contribution in [3.8, 4) is 11.5 Å². The van der Waals surface area contributed by atoms with Crippen molar-refractivity contribution in [1.29, 1.82) is 0 Å². The van der Waals surface area contributed by atoms with E-state index in [2.05, 4.69) is 13.8 Å². The summed E-state index contributed by atoms with van der Waals surface area (Å²) < 4.78 is 11.6. The molecule has 0 radical (unpaired) electrons. The second-order valence-electron chi connectivity index (χ2n) is 5.59. The molecule has 0 aliphatic rings. The fourth-order valence-corrected chi connectivity index (χ4v) is 2.07. The molecule has 1 aromatic carbocycles. The van der Waals surface area contributed by atoms with Crippen LogP contribution >= 0.6 is 0 Å². The van der Waals surface area contributed by atoms with Gasteiger partial charge in [-0.2, -0.15) is 0 Å². The maximum atomic E-state index is 5.91. The quantitative estimate of drug-likeness (QED) is 0.669. The molecule has 0 bridgehead atoms. The second kappa shape index (κ2) is 8.72. The SMILES string of the molecule is CCCCC(CC)COc1ccc(N)c(OC(C)C)c1. The number of hydrogen-bond donors (Lipinski definition) is 1. The van der Waals surface area contributed by atoms with Crippen LogP contribution in [0.15, 0.2) is 18.2 Å². The van der Waals surface area contributed by atoms with Crippen molar-refractivity contribution in [2.24, 2.45) is 5.92 Å². The highest BCUT2D eigenvalue weighted by Crippen LogP contribution is 2.28. The summed E-state index contributed by atoms with van der Waals surface area (Å²) in [5.74, 6) is 2.17. The summed E-state index contributed by atoms with van der Waals surface area (Å²) in [6.45, 7) is 9.19. The normalized spacial score (nSPS) is 12.4. The molecule has 0 saturated carbocycles. The average Bonchev–Trinajstić information content (AvgIpc) is 2.42. The monoisotopic (exact) mass is 279 g/mol. The maximum absolute atomic E-state index is 5.91. The minimum atomic E-state index is 0.112. The number of nitrogen functional groups attached to an aromatic ring is 1. The zero-order chi connectivity index (χ0) is 15.0. The third-order valence-corrected chi connectivity index (χ3v) is 3.38. The van der Waals surface area contributed by atoms with E-state index < -0.39 is 0 Å². The van der Waals surface area contributed by atoms with Crippen molar-refractivity contribution in [2.45, 2.75) is 59.5 Å². The van der Waals surface area contributed by atoms with E-state index in [1.807, 2.05) is 32.0 Å². The number of ether oxygens (including phenoxy) is 2. The number of benzene rings is 1. The third-order valence-electron chi connectivity index (χ3n) is 3.38. The van der Waals surface area contributed by atoms with E-state index in [9.17, 15) is 0 Å². The number of hydrogen-bond acceptors (Lipinski definition) is 3. The lowest BCUT2D eigenvalue weighted by Crippen LogP contribution is -2.12. The number of unbranched alkanes of at least 4 members (excludes halogenated alkanes) is 1. The number of rotatable bonds is 9. The molecule has 0 spiro atoms. The molecular weight excluding hydrogens is 250 g/mol. The average molecular weight is 279 g/mol. The van der Waals surface area contributed by atoms with Crippen molar-refractivity contribution in [3.63, 3.8) is 0 Å². The van der Waals surface area contributed by atoms with Gasteiger partial charge >= 0.3 is 0 Å². The molecule has 0 amide bonds. The second-order valence-corrected chi connectivity index (χ2v) is 5.59. The van der Waals surface area contributed by atoms with E-state index >= 15 is 0 Å². The van der Waals surface area contributed by atoms with Crippen LogP contribution in [-0.4, -0.2) is 12.7 Å². The molecule has 0 saturated heterocycles. The van der Waals surface area contributed by atoms with Gasteiger partial charge in [-0.1, -0.05) is 33.1 Å². The number of nitrogens with two attached hydrogens (primary N) is 1. The van der Waals surface area contributed by atoms with Crippen LogP contribution in [0.4, 0.5) is 5.69 Å². The van der Waals surface area contributed by atoms with Crippen LogP contribution in [0.25, 0.3) is 0 Å². The van der Waals surface area contributed by atoms with Crippen molar-refractivity contribution < 1.29 is 9.47 Å². The molecule has 1 atom stereocenters. The summed E-state index contributed by atoms with van der Waals surface area (Å²) in [6, 6.07) is 5.65.